The summed E-state index contributed by atoms with van der Waals surface area (Å²) in [5, 5.41) is 6.68. The number of hydrazone groups is 1. The number of halogens is 1. The lowest BCUT2D eigenvalue weighted by Gasteiger charge is -2.20. The number of rotatable bonds is 3. The first-order valence-electron chi connectivity index (χ1n) is 7.78. The normalized spacial score (nSPS) is 16.8. The molecule has 1 aliphatic rings. The zero-order valence-electron chi connectivity index (χ0n) is 13.5. The molecule has 0 bridgehead atoms. The van der Waals surface area contributed by atoms with Crippen LogP contribution in [0.2, 0.25) is 0 Å². The van der Waals surface area contributed by atoms with Gasteiger partial charge in [0.05, 0.1) is 22.6 Å². The Kier molecular flexibility index (Phi) is 4.47. The number of nitrogen functional groups attached to an aromatic ring is 1. The fraction of sp³-hybridized carbons (Fsp3) is 0.167. The maximum atomic E-state index is 13.7. The van der Waals surface area contributed by atoms with Crippen molar-refractivity contribution in [1.29, 1.82) is 0 Å². The van der Waals surface area contributed by atoms with Gasteiger partial charge in [0.2, 0.25) is 5.91 Å². The van der Waals surface area contributed by atoms with Crippen molar-refractivity contribution in [3.05, 3.63) is 59.4 Å². The Morgan fingerprint density at radius 2 is 2.08 bits per heavy atom. The number of hydrogen-bond donors (Lipinski definition) is 3. The van der Waals surface area contributed by atoms with Crippen LogP contribution in [0.3, 0.4) is 0 Å². The van der Waals surface area contributed by atoms with Gasteiger partial charge in [-0.15, -0.1) is 0 Å². The third-order valence-corrected chi connectivity index (χ3v) is 3.97. The smallest absolute Gasteiger partial charge is 0.258 e. The van der Waals surface area contributed by atoms with E-state index in [4.69, 9.17) is 5.73 Å². The Bertz CT molecular complexity index is 879. The van der Waals surface area contributed by atoms with E-state index in [1.165, 1.54) is 18.2 Å². The van der Waals surface area contributed by atoms with Crippen LogP contribution < -0.4 is 16.5 Å². The van der Waals surface area contributed by atoms with Crippen molar-refractivity contribution >= 4 is 28.9 Å². The van der Waals surface area contributed by atoms with Crippen LogP contribution in [0.4, 0.5) is 15.8 Å². The maximum absolute atomic E-state index is 13.7. The van der Waals surface area contributed by atoms with E-state index in [1.807, 2.05) is 6.92 Å². The molecule has 0 saturated heterocycles. The molecule has 3 rings (SSSR count). The van der Waals surface area contributed by atoms with Gasteiger partial charge in [-0.3, -0.25) is 9.59 Å². The van der Waals surface area contributed by atoms with Crippen molar-refractivity contribution in [1.82, 2.24) is 5.43 Å². The summed E-state index contributed by atoms with van der Waals surface area (Å²) < 4.78 is 13.7. The van der Waals surface area contributed by atoms with Gasteiger partial charge in [-0.25, -0.2) is 9.82 Å². The molecule has 2 aromatic rings. The van der Waals surface area contributed by atoms with Gasteiger partial charge < -0.3 is 11.1 Å². The van der Waals surface area contributed by atoms with Crippen molar-refractivity contribution in [3.8, 4) is 0 Å². The van der Waals surface area contributed by atoms with Gasteiger partial charge >= 0.3 is 0 Å². The van der Waals surface area contributed by atoms with E-state index >= 15 is 0 Å². The average Bonchev–Trinajstić information content (AvgIpc) is 2.57. The Labute approximate surface area is 143 Å². The molecule has 2 aromatic carbocycles. The number of nitrogens with two attached hydrogens (primary N) is 1. The van der Waals surface area contributed by atoms with Gasteiger partial charge in [0, 0.05) is 17.9 Å². The standard InChI is InChI=1S/C18H17FN4O2/c1-10-8-16(24)22-23-17(10)11-6-7-15(14(20)9-11)21-18(25)12-4-2-3-5-13(12)19/h2-7,9-10H,8,20H2,1H3,(H,21,25)(H,22,24). The molecule has 0 saturated carbocycles. The first-order chi connectivity index (χ1) is 12.0. The minimum absolute atomic E-state index is 0.0352. The summed E-state index contributed by atoms with van der Waals surface area (Å²) in [4.78, 5) is 23.5. The summed E-state index contributed by atoms with van der Waals surface area (Å²) in [6, 6.07) is 10.8. The predicted octanol–water partition coefficient (Wildman–Crippen LogP) is 2.52. The van der Waals surface area contributed by atoms with Crippen molar-refractivity contribution < 1.29 is 14.0 Å². The van der Waals surface area contributed by atoms with Gasteiger partial charge in [-0.05, 0) is 24.3 Å². The Hall–Kier alpha value is -3.22. The second-order valence-corrected chi connectivity index (χ2v) is 5.87. The number of benzene rings is 2. The van der Waals surface area contributed by atoms with Crippen molar-refractivity contribution in [2.45, 2.75) is 13.3 Å². The summed E-state index contributed by atoms with van der Waals surface area (Å²) in [6.45, 7) is 1.90. The highest BCUT2D eigenvalue weighted by Gasteiger charge is 2.22. The predicted molar refractivity (Wildman–Crippen MR) is 93.7 cm³/mol. The third kappa shape index (κ3) is 3.50. The van der Waals surface area contributed by atoms with Crippen LogP contribution >= 0.6 is 0 Å². The van der Waals surface area contributed by atoms with E-state index in [0.29, 0.717) is 17.8 Å². The van der Waals surface area contributed by atoms with Gasteiger partial charge in [-0.2, -0.15) is 5.10 Å². The fourth-order valence-corrected chi connectivity index (χ4v) is 2.67. The van der Waals surface area contributed by atoms with Crippen LogP contribution in [-0.4, -0.2) is 17.5 Å². The summed E-state index contributed by atoms with van der Waals surface area (Å²) in [5.41, 5.74) is 10.6. The van der Waals surface area contributed by atoms with Crippen LogP contribution in [0.5, 0.6) is 0 Å². The number of anilines is 2. The van der Waals surface area contributed by atoms with Crippen LogP contribution in [-0.2, 0) is 4.79 Å². The third-order valence-electron chi connectivity index (χ3n) is 3.97. The van der Waals surface area contributed by atoms with Gasteiger partial charge in [0.1, 0.15) is 5.82 Å². The molecule has 1 atom stereocenters. The highest BCUT2D eigenvalue weighted by molar-refractivity contribution is 6.09. The van der Waals surface area contributed by atoms with E-state index in [-0.39, 0.29) is 17.4 Å². The van der Waals surface area contributed by atoms with E-state index in [0.717, 1.165) is 11.3 Å². The number of carbonyl (C=O) groups excluding carboxylic acids is 2. The summed E-state index contributed by atoms with van der Waals surface area (Å²) >= 11 is 0. The SMILES string of the molecule is CC1CC(=O)NN=C1c1ccc(NC(=O)c2ccccc2F)c(N)c1. The molecule has 128 valence electrons. The van der Waals surface area contributed by atoms with Crippen molar-refractivity contribution in [3.63, 3.8) is 0 Å². The molecule has 25 heavy (non-hydrogen) atoms. The molecule has 2 amide bonds. The molecule has 1 heterocycles. The lowest BCUT2D eigenvalue weighted by molar-refractivity contribution is -0.121. The van der Waals surface area contributed by atoms with E-state index < -0.39 is 11.7 Å². The largest absolute Gasteiger partial charge is 0.397 e. The molecule has 0 spiro atoms. The lowest BCUT2D eigenvalue weighted by atomic mass is 9.93. The highest BCUT2D eigenvalue weighted by atomic mass is 19.1. The summed E-state index contributed by atoms with van der Waals surface area (Å²) in [7, 11) is 0. The molecule has 4 N–H and O–H groups in total. The fourth-order valence-electron chi connectivity index (χ4n) is 2.67. The van der Waals surface area contributed by atoms with Crippen LogP contribution in [0.15, 0.2) is 47.6 Å². The average molecular weight is 340 g/mol. The molecule has 1 aliphatic heterocycles. The van der Waals surface area contributed by atoms with Crippen LogP contribution in [0.25, 0.3) is 0 Å². The zero-order valence-corrected chi connectivity index (χ0v) is 13.5. The Balaban J connectivity index is 1.82. The molecule has 0 radical (unpaired) electrons. The first kappa shape index (κ1) is 16.6. The Morgan fingerprint density at radius 1 is 1.32 bits per heavy atom. The van der Waals surface area contributed by atoms with Gasteiger partial charge in [0.15, 0.2) is 0 Å². The second-order valence-electron chi connectivity index (χ2n) is 5.87. The summed E-state index contributed by atoms with van der Waals surface area (Å²) in [5.74, 6) is -1.34. The van der Waals surface area contributed by atoms with E-state index in [2.05, 4.69) is 15.8 Å². The molecule has 0 aliphatic carbocycles. The monoisotopic (exact) mass is 340 g/mol. The number of hydrogen-bond acceptors (Lipinski definition) is 4. The quantitative estimate of drug-likeness (QED) is 0.749. The molecule has 0 fully saturated rings. The van der Waals surface area contributed by atoms with Gasteiger partial charge in [-0.1, -0.05) is 25.1 Å². The number of nitrogens with zero attached hydrogens (tertiary/aromatic N) is 1. The number of carbonyl (C=O) groups is 2. The first-order valence-corrected chi connectivity index (χ1v) is 7.78. The van der Waals surface area contributed by atoms with E-state index in [1.54, 1.807) is 24.3 Å². The molecule has 7 heteroatoms. The van der Waals surface area contributed by atoms with Crippen LogP contribution in [0.1, 0.15) is 29.3 Å². The minimum Gasteiger partial charge on any atom is -0.397 e. The van der Waals surface area contributed by atoms with E-state index in [9.17, 15) is 14.0 Å². The molecular formula is C18H17FN4O2. The van der Waals surface area contributed by atoms with Crippen molar-refractivity contribution in [2.75, 3.05) is 11.1 Å². The Morgan fingerprint density at radius 3 is 2.76 bits per heavy atom. The van der Waals surface area contributed by atoms with Crippen molar-refractivity contribution in [2.24, 2.45) is 11.0 Å². The lowest BCUT2D eigenvalue weighted by Crippen LogP contribution is -2.32. The minimum atomic E-state index is -0.601. The number of nitrogens with one attached hydrogen (secondary N) is 2. The molecule has 6 nitrogen and oxygen atoms in total. The maximum Gasteiger partial charge on any atom is 0.258 e. The zero-order chi connectivity index (χ0) is 18.0. The molecule has 1 unspecified atom stereocenters. The topological polar surface area (TPSA) is 96.6 Å². The van der Waals surface area contributed by atoms with Crippen LogP contribution in [0, 0.1) is 11.7 Å². The molecular weight excluding hydrogens is 323 g/mol. The summed E-state index contributed by atoms with van der Waals surface area (Å²) in [6.07, 6.45) is 0.352. The molecule has 0 aromatic heterocycles. The number of amides is 2. The highest BCUT2D eigenvalue weighted by Crippen LogP contribution is 2.24. The van der Waals surface area contributed by atoms with Gasteiger partial charge in [0.25, 0.3) is 5.91 Å². The second kappa shape index (κ2) is 6.72.